The van der Waals surface area contributed by atoms with Crippen LogP contribution >= 0.6 is 0 Å². The zero-order chi connectivity index (χ0) is 17.1. The SMILES string of the molecule is O=C(NO)c1cc(F)c(Cn2nnnc2-c2ncccn2)c(F)c1. The summed E-state index contributed by atoms with van der Waals surface area (Å²) in [5, 5.41) is 19.4. The Morgan fingerprint density at radius 2 is 1.88 bits per heavy atom. The van der Waals surface area contributed by atoms with Crippen LogP contribution in [0.4, 0.5) is 8.78 Å². The van der Waals surface area contributed by atoms with Crippen LogP contribution in [0.15, 0.2) is 30.6 Å². The minimum Gasteiger partial charge on any atom is -0.288 e. The molecule has 3 rings (SSSR count). The lowest BCUT2D eigenvalue weighted by molar-refractivity contribution is 0.0705. The van der Waals surface area contributed by atoms with Crippen molar-refractivity contribution in [2.24, 2.45) is 0 Å². The predicted octanol–water partition coefficient (Wildman–Crippen LogP) is 0.576. The van der Waals surface area contributed by atoms with E-state index in [0.717, 1.165) is 16.8 Å². The molecule has 0 aliphatic carbocycles. The molecule has 1 aromatic carbocycles. The van der Waals surface area contributed by atoms with Crippen molar-refractivity contribution in [3.8, 4) is 11.6 Å². The molecule has 24 heavy (non-hydrogen) atoms. The van der Waals surface area contributed by atoms with E-state index >= 15 is 0 Å². The highest BCUT2D eigenvalue weighted by molar-refractivity contribution is 5.93. The lowest BCUT2D eigenvalue weighted by Gasteiger charge is -2.08. The molecule has 0 radical (unpaired) electrons. The first-order chi connectivity index (χ1) is 11.6. The third-order valence-corrected chi connectivity index (χ3v) is 3.11. The van der Waals surface area contributed by atoms with Gasteiger partial charge >= 0.3 is 0 Å². The van der Waals surface area contributed by atoms with Crippen LogP contribution in [0.2, 0.25) is 0 Å². The van der Waals surface area contributed by atoms with Crippen LogP contribution < -0.4 is 5.48 Å². The van der Waals surface area contributed by atoms with Crippen LogP contribution in [0.3, 0.4) is 0 Å². The van der Waals surface area contributed by atoms with Gasteiger partial charge in [-0.15, -0.1) is 5.10 Å². The summed E-state index contributed by atoms with van der Waals surface area (Å²) < 4.78 is 29.4. The third-order valence-electron chi connectivity index (χ3n) is 3.11. The molecule has 2 N–H and O–H groups in total. The van der Waals surface area contributed by atoms with Gasteiger partial charge in [0.25, 0.3) is 5.91 Å². The number of hydrogen-bond acceptors (Lipinski definition) is 7. The number of tetrazole rings is 1. The zero-order valence-corrected chi connectivity index (χ0v) is 11.9. The van der Waals surface area contributed by atoms with E-state index < -0.39 is 17.5 Å². The molecule has 122 valence electrons. The second-order valence-electron chi connectivity index (χ2n) is 4.59. The van der Waals surface area contributed by atoms with Gasteiger partial charge in [-0.05, 0) is 28.6 Å². The van der Waals surface area contributed by atoms with Crippen LogP contribution in [0, 0.1) is 11.6 Å². The van der Waals surface area contributed by atoms with Crippen molar-refractivity contribution in [3.05, 3.63) is 53.4 Å². The normalized spacial score (nSPS) is 10.6. The molecule has 3 aromatic rings. The van der Waals surface area contributed by atoms with Gasteiger partial charge in [0.2, 0.25) is 5.82 Å². The average molecular weight is 333 g/mol. The number of nitrogens with zero attached hydrogens (tertiary/aromatic N) is 6. The Balaban J connectivity index is 1.96. The molecule has 0 bridgehead atoms. The Hall–Kier alpha value is -3.34. The number of carbonyl (C=O) groups excluding carboxylic acids is 1. The highest BCUT2D eigenvalue weighted by atomic mass is 19.1. The third kappa shape index (κ3) is 2.92. The maximum atomic E-state index is 14.1. The van der Waals surface area contributed by atoms with Gasteiger partial charge in [0.05, 0.1) is 6.54 Å². The lowest BCUT2D eigenvalue weighted by atomic mass is 10.1. The van der Waals surface area contributed by atoms with E-state index in [9.17, 15) is 13.6 Å². The number of amides is 1. The second-order valence-corrected chi connectivity index (χ2v) is 4.59. The smallest absolute Gasteiger partial charge is 0.274 e. The summed E-state index contributed by atoms with van der Waals surface area (Å²) in [7, 11) is 0. The monoisotopic (exact) mass is 333 g/mol. The summed E-state index contributed by atoms with van der Waals surface area (Å²) in [6, 6.07) is 3.20. The summed E-state index contributed by atoms with van der Waals surface area (Å²) in [6.07, 6.45) is 2.95. The van der Waals surface area contributed by atoms with E-state index in [1.165, 1.54) is 17.9 Å². The molecule has 11 heteroatoms. The molecular formula is C13H9F2N7O2. The topological polar surface area (TPSA) is 119 Å². The summed E-state index contributed by atoms with van der Waals surface area (Å²) in [6.45, 7) is -0.334. The minimum absolute atomic E-state index is 0.131. The van der Waals surface area contributed by atoms with Crippen LogP contribution in [-0.2, 0) is 6.54 Å². The van der Waals surface area contributed by atoms with Crippen LogP contribution in [0.1, 0.15) is 15.9 Å². The molecule has 0 aliphatic heterocycles. The van der Waals surface area contributed by atoms with Crippen molar-refractivity contribution in [2.75, 3.05) is 0 Å². The van der Waals surface area contributed by atoms with Gasteiger partial charge in [0.1, 0.15) is 11.6 Å². The molecule has 9 nitrogen and oxygen atoms in total. The van der Waals surface area contributed by atoms with E-state index in [1.807, 2.05) is 0 Å². The fourth-order valence-electron chi connectivity index (χ4n) is 1.99. The van der Waals surface area contributed by atoms with E-state index in [-0.39, 0.29) is 29.3 Å². The van der Waals surface area contributed by atoms with Gasteiger partial charge in [-0.1, -0.05) is 0 Å². The summed E-state index contributed by atoms with van der Waals surface area (Å²) >= 11 is 0. The molecule has 0 saturated heterocycles. The minimum atomic E-state index is -1.03. The van der Waals surface area contributed by atoms with Gasteiger partial charge in [0.15, 0.2) is 5.82 Å². The standard InChI is InChI=1S/C13H9F2N7O2/c14-9-4-7(13(23)19-24)5-10(15)8(9)6-22-12(18-20-21-22)11-16-2-1-3-17-11/h1-5,24H,6H2,(H,19,23). The Morgan fingerprint density at radius 3 is 2.50 bits per heavy atom. The first kappa shape index (κ1) is 15.6. The van der Waals surface area contributed by atoms with Crippen molar-refractivity contribution in [2.45, 2.75) is 6.54 Å². The fourth-order valence-corrected chi connectivity index (χ4v) is 1.99. The molecule has 0 fully saturated rings. The van der Waals surface area contributed by atoms with Gasteiger partial charge in [0, 0.05) is 23.5 Å². The molecule has 1 amide bonds. The molecule has 0 unspecified atom stereocenters. The van der Waals surface area contributed by atoms with Crippen molar-refractivity contribution in [3.63, 3.8) is 0 Å². The summed E-state index contributed by atoms with van der Waals surface area (Å²) in [5.41, 5.74) is 0.591. The maximum Gasteiger partial charge on any atom is 0.274 e. The van der Waals surface area contributed by atoms with Gasteiger partial charge in [-0.25, -0.2) is 28.9 Å². The Labute approximate surface area is 132 Å². The highest BCUT2D eigenvalue weighted by Gasteiger charge is 2.18. The summed E-state index contributed by atoms with van der Waals surface area (Å²) in [4.78, 5) is 19.2. The lowest BCUT2D eigenvalue weighted by Crippen LogP contribution is -2.19. The number of hydroxylamine groups is 1. The largest absolute Gasteiger partial charge is 0.288 e. The molecule has 2 heterocycles. The molecule has 0 spiro atoms. The number of rotatable bonds is 4. The number of nitrogens with one attached hydrogen (secondary N) is 1. The van der Waals surface area contributed by atoms with Crippen molar-refractivity contribution < 1.29 is 18.8 Å². The number of benzene rings is 1. The number of carbonyl (C=O) groups is 1. The molecule has 0 saturated carbocycles. The van der Waals surface area contributed by atoms with E-state index in [0.29, 0.717) is 0 Å². The second kappa shape index (κ2) is 6.42. The Kier molecular flexibility index (Phi) is 4.16. The number of aromatic nitrogens is 6. The first-order valence-electron chi connectivity index (χ1n) is 6.56. The van der Waals surface area contributed by atoms with Crippen LogP contribution in [0.5, 0.6) is 0 Å². The molecule has 2 aromatic heterocycles. The summed E-state index contributed by atoms with van der Waals surface area (Å²) in [5.74, 6) is -2.67. The van der Waals surface area contributed by atoms with E-state index in [2.05, 4.69) is 25.5 Å². The van der Waals surface area contributed by atoms with Gasteiger partial charge < -0.3 is 0 Å². The van der Waals surface area contributed by atoms with Crippen molar-refractivity contribution >= 4 is 5.91 Å². The first-order valence-corrected chi connectivity index (χ1v) is 6.56. The van der Waals surface area contributed by atoms with Gasteiger partial charge in [-0.2, -0.15) is 0 Å². The van der Waals surface area contributed by atoms with Crippen molar-refractivity contribution in [1.82, 2.24) is 35.7 Å². The Morgan fingerprint density at radius 1 is 1.21 bits per heavy atom. The van der Waals surface area contributed by atoms with E-state index in [4.69, 9.17) is 5.21 Å². The zero-order valence-electron chi connectivity index (χ0n) is 11.9. The predicted molar refractivity (Wildman–Crippen MR) is 73.6 cm³/mol. The molecule has 0 aliphatic rings. The highest BCUT2D eigenvalue weighted by Crippen LogP contribution is 2.18. The maximum absolute atomic E-state index is 14.1. The van der Waals surface area contributed by atoms with Gasteiger partial charge in [-0.3, -0.25) is 10.0 Å². The van der Waals surface area contributed by atoms with E-state index in [1.54, 1.807) is 6.07 Å². The van der Waals surface area contributed by atoms with Crippen LogP contribution in [-0.4, -0.2) is 41.3 Å². The molecule has 0 atom stereocenters. The Bertz CT molecular complexity index is 862. The van der Waals surface area contributed by atoms with Crippen LogP contribution in [0.25, 0.3) is 11.6 Å². The average Bonchev–Trinajstić information content (AvgIpc) is 3.06. The number of hydrogen-bond donors (Lipinski definition) is 2. The van der Waals surface area contributed by atoms with Crippen molar-refractivity contribution in [1.29, 1.82) is 0 Å². The number of halogens is 2. The molecular weight excluding hydrogens is 324 g/mol. The fraction of sp³-hybridized carbons (Fsp3) is 0.0769. The quantitative estimate of drug-likeness (QED) is 0.529.